The van der Waals surface area contributed by atoms with Crippen LogP contribution in [-0.2, 0) is 16.1 Å². The Morgan fingerprint density at radius 2 is 1.89 bits per heavy atom. The molecule has 0 heterocycles. The molecule has 0 aliphatic carbocycles. The van der Waals surface area contributed by atoms with Gasteiger partial charge in [-0.15, -0.1) is 0 Å². The van der Waals surface area contributed by atoms with E-state index < -0.39 is 5.97 Å². The van der Waals surface area contributed by atoms with Gasteiger partial charge in [0.2, 0.25) is 5.91 Å². The fourth-order valence-electron chi connectivity index (χ4n) is 1.54. The van der Waals surface area contributed by atoms with Crippen LogP contribution in [0.3, 0.4) is 0 Å². The van der Waals surface area contributed by atoms with Crippen LogP contribution in [0.25, 0.3) is 0 Å². The van der Waals surface area contributed by atoms with Gasteiger partial charge in [-0.25, -0.2) is 0 Å². The van der Waals surface area contributed by atoms with Crippen molar-refractivity contribution in [3.63, 3.8) is 0 Å². The summed E-state index contributed by atoms with van der Waals surface area (Å²) in [6.07, 6.45) is 0. The van der Waals surface area contributed by atoms with Crippen LogP contribution in [0.1, 0.15) is 11.1 Å². The third-order valence-electron chi connectivity index (χ3n) is 2.42. The van der Waals surface area contributed by atoms with E-state index in [4.69, 9.17) is 5.11 Å². The fraction of sp³-hybridized carbons (Fsp3) is 0.385. The lowest BCUT2D eigenvalue weighted by Crippen LogP contribution is -2.37. The highest BCUT2D eigenvalue weighted by molar-refractivity contribution is 5.82. The summed E-state index contributed by atoms with van der Waals surface area (Å²) in [5, 5.41) is 10.8. The van der Waals surface area contributed by atoms with E-state index in [2.05, 4.69) is 5.32 Å². The topological polar surface area (TPSA) is 69.6 Å². The van der Waals surface area contributed by atoms with Crippen molar-refractivity contribution in [3.05, 3.63) is 35.4 Å². The molecule has 18 heavy (non-hydrogen) atoms. The van der Waals surface area contributed by atoms with Gasteiger partial charge in [-0.2, -0.15) is 0 Å². The van der Waals surface area contributed by atoms with E-state index in [-0.39, 0.29) is 19.0 Å². The molecule has 0 unspecified atom stereocenters. The van der Waals surface area contributed by atoms with Gasteiger partial charge in [0.15, 0.2) is 0 Å². The molecule has 1 aromatic carbocycles. The average molecular weight is 250 g/mol. The standard InChI is InChI=1S/C13H18N2O3/c1-10-3-5-11(6-4-10)8-15(2)9-12(16)14-7-13(17)18/h3-6H,7-9H2,1-2H3,(H,14,16)(H,17,18). The van der Waals surface area contributed by atoms with Crippen molar-refractivity contribution < 1.29 is 14.7 Å². The first kappa shape index (κ1) is 14.2. The Kier molecular flexibility index (Phi) is 5.32. The van der Waals surface area contributed by atoms with Crippen molar-refractivity contribution in [2.24, 2.45) is 0 Å². The number of rotatable bonds is 6. The van der Waals surface area contributed by atoms with Crippen molar-refractivity contribution in [3.8, 4) is 0 Å². The summed E-state index contributed by atoms with van der Waals surface area (Å²) in [5.41, 5.74) is 2.31. The molecule has 0 saturated carbocycles. The van der Waals surface area contributed by atoms with Crippen LogP contribution in [0.5, 0.6) is 0 Å². The van der Waals surface area contributed by atoms with Gasteiger partial charge >= 0.3 is 5.97 Å². The molecule has 0 saturated heterocycles. The first-order chi connectivity index (χ1) is 8.47. The highest BCUT2D eigenvalue weighted by atomic mass is 16.4. The Hall–Kier alpha value is -1.88. The smallest absolute Gasteiger partial charge is 0.322 e. The summed E-state index contributed by atoms with van der Waals surface area (Å²) in [4.78, 5) is 23.5. The van der Waals surface area contributed by atoms with E-state index in [9.17, 15) is 9.59 Å². The molecule has 5 nitrogen and oxygen atoms in total. The third-order valence-corrected chi connectivity index (χ3v) is 2.42. The summed E-state index contributed by atoms with van der Waals surface area (Å²) < 4.78 is 0. The van der Waals surface area contributed by atoms with Gasteiger partial charge in [-0.1, -0.05) is 29.8 Å². The SMILES string of the molecule is Cc1ccc(CN(C)CC(=O)NCC(=O)O)cc1. The quantitative estimate of drug-likeness (QED) is 0.777. The van der Waals surface area contributed by atoms with Gasteiger partial charge in [0.1, 0.15) is 6.54 Å². The Bertz CT molecular complexity index is 415. The number of carboxylic acids is 1. The second kappa shape index (κ2) is 6.76. The van der Waals surface area contributed by atoms with Crippen molar-refractivity contribution in [1.82, 2.24) is 10.2 Å². The summed E-state index contributed by atoms with van der Waals surface area (Å²) in [6, 6.07) is 8.07. The number of nitrogens with zero attached hydrogens (tertiary/aromatic N) is 1. The maximum absolute atomic E-state index is 11.4. The molecule has 0 atom stereocenters. The number of amides is 1. The van der Waals surface area contributed by atoms with E-state index >= 15 is 0 Å². The summed E-state index contributed by atoms with van der Waals surface area (Å²) in [7, 11) is 1.82. The van der Waals surface area contributed by atoms with Crippen LogP contribution in [-0.4, -0.2) is 42.0 Å². The molecule has 1 amide bonds. The third kappa shape index (κ3) is 5.45. The van der Waals surface area contributed by atoms with Gasteiger partial charge in [-0.05, 0) is 19.5 Å². The highest BCUT2D eigenvalue weighted by Crippen LogP contribution is 2.05. The summed E-state index contributed by atoms with van der Waals surface area (Å²) >= 11 is 0. The molecule has 2 N–H and O–H groups in total. The van der Waals surface area contributed by atoms with E-state index in [1.54, 1.807) is 0 Å². The predicted molar refractivity (Wildman–Crippen MR) is 68.2 cm³/mol. The monoisotopic (exact) mass is 250 g/mol. The zero-order chi connectivity index (χ0) is 13.5. The van der Waals surface area contributed by atoms with Crippen molar-refractivity contribution >= 4 is 11.9 Å². The minimum atomic E-state index is -1.04. The number of hydrogen-bond acceptors (Lipinski definition) is 3. The van der Waals surface area contributed by atoms with Gasteiger partial charge in [0, 0.05) is 6.54 Å². The van der Waals surface area contributed by atoms with Crippen LogP contribution in [0.15, 0.2) is 24.3 Å². The fourth-order valence-corrected chi connectivity index (χ4v) is 1.54. The zero-order valence-corrected chi connectivity index (χ0v) is 10.6. The largest absolute Gasteiger partial charge is 0.480 e. The highest BCUT2D eigenvalue weighted by Gasteiger charge is 2.08. The lowest BCUT2D eigenvalue weighted by molar-refractivity contribution is -0.138. The van der Waals surface area contributed by atoms with E-state index in [0.29, 0.717) is 6.54 Å². The molecule has 5 heteroatoms. The maximum atomic E-state index is 11.4. The normalized spacial score (nSPS) is 10.4. The van der Waals surface area contributed by atoms with Crippen molar-refractivity contribution in [1.29, 1.82) is 0 Å². The molecule has 98 valence electrons. The van der Waals surface area contributed by atoms with Crippen molar-refractivity contribution in [2.75, 3.05) is 20.1 Å². The van der Waals surface area contributed by atoms with E-state index in [1.165, 1.54) is 5.56 Å². The molecule has 1 rings (SSSR count). The first-order valence-electron chi connectivity index (χ1n) is 5.70. The Balaban J connectivity index is 2.36. The van der Waals surface area contributed by atoms with Crippen LogP contribution >= 0.6 is 0 Å². The van der Waals surface area contributed by atoms with Gasteiger partial charge in [0.25, 0.3) is 0 Å². The molecular weight excluding hydrogens is 232 g/mol. The molecule has 0 aromatic heterocycles. The van der Waals surface area contributed by atoms with Crippen LogP contribution in [0.2, 0.25) is 0 Å². The second-order valence-electron chi connectivity index (χ2n) is 4.33. The Labute approximate surface area is 106 Å². The number of aliphatic carboxylic acids is 1. The van der Waals surface area contributed by atoms with Crippen LogP contribution in [0.4, 0.5) is 0 Å². The van der Waals surface area contributed by atoms with E-state index in [1.807, 2.05) is 43.1 Å². The number of aryl methyl sites for hydroxylation is 1. The summed E-state index contributed by atoms with van der Waals surface area (Å²) in [6.45, 7) is 2.52. The summed E-state index contributed by atoms with van der Waals surface area (Å²) in [5.74, 6) is -1.32. The lowest BCUT2D eigenvalue weighted by atomic mass is 10.1. The van der Waals surface area contributed by atoms with E-state index in [0.717, 1.165) is 5.56 Å². The molecule has 0 fully saturated rings. The number of carbonyl (C=O) groups is 2. The minimum Gasteiger partial charge on any atom is -0.480 e. The maximum Gasteiger partial charge on any atom is 0.322 e. The molecule has 1 aromatic rings. The number of nitrogens with one attached hydrogen (secondary N) is 1. The molecule has 0 bridgehead atoms. The average Bonchev–Trinajstić information content (AvgIpc) is 2.29. The number of benzene rings is 1. The zero-order valence-electron chi connectivity index (χ0n) is 10.6. The van der Waals surface area contributed by atoms with Crippen LogP contribution in [0, 0.1) is 6.92 Å². The van der Waals surface area contributed by atoms with Crippen LogP contribution < -0.4 is 5.32 Å². The molecule has 0 radical (unpaired) electrons. The number of hydrogen-bond donors (Lipinski definition) is 2. The molecular formula is C13H18N2O3. The first-order valence-corrected chi connectivity index (χ1v) is 5.70. The minimum absolute atomic E-state index is 0.182. The molecule has 0 spiro atoms. The predicted octanol–water partition coefficient (Wildman–Crippen LogP) is 0.628. The molecule has 0 aliphatic heterocycles. The van der Waals surface area contributed by atoms with Gasteiger partial charge in [0.05, 0.1) is 6.54 Å². The van der Waals surface area contributed by atoms with Crippen molar-refractivity contribution in [2.45, 2.75) is 13.5 Å². The Morgan fingerprint density at radius 1 is 1.28 bits per heavy atom. The Morgan fingerprint density at radius 3 is 2.44 bits per heavy atom. The lowest BCUT2D eigenvalue weighted by Gasteiger charge is -2.16. The second-order valence-corrected chi connectivity index (χ2v) is 4.33. The number of carbonyl (C=O) groups excluding carboxylic acids is 1. The van der Waals surface area contributed by atoms with Gasteiger partial charge < -0.3 is 10.4 Å². The number of carboxylic acid groups (broad SMARTS) is 1. The van der Waals surface area contributed by atoms with Gasteiger partial charge in [-0.3, -0.25) is 14.5 Å². The number of likely N-dealkylation sites (N-methyl/N-ethyl adjacent to an activating group) is 1. The molecule has 0 aliphatic rings.